The number of non-ortho nitro benzene ring substituents is 1. The number of Topliss-reactive ketones (excluding diaryl/α,β-unsaturated/α-hetero) is 1. The lowest BCUT2D eigenvalue weighted by Crippen LogP contribution is -2.29. The number of aliphatic hydroxyl groups is 1. The molecule has 1 fully saturated rings. The number of rotatable bonds is 4. The van der Waals surface area contributed by atoms with E-state index in [0.717, 1.165) is 5.56 Å². The van der Waals surface area contributed by atoms with Crippen molar-refractivity contribution < 1.29 is 19.6 Å². The highest BCUT2D eigenvalue weighted by atomic mass is 16.6. The third-order valence-electron chi connectivity index (χ3n) is 5.17. The number of nitro benzene ring substituents is 1. The van der Waals surface area contributed by atoms with Crippen LogP contribution in [0.4, 0.5) is 11.4 Å². The molecule has 1 N–H and O–H groups in total. The second-order valence-corrected chi connectivity index (χ2v) is 7.23. The number of benzene rings is 3. The molecule has 31 heavy (non-hydrogen) atoms. The Kier molecular flexibility index (Phi) is 5.09. The first-order chi connectivity index (χ1) is 14.9. The largest absolute Gasteiger partial charge is 0.507 e. The average Bonchev–Trinajstić information content (AvgIpc) is 3.04. The summed E-state index contributed by atoms with van der Waals surface area (Å²) in [4.78, 5) is 38.2. The van der Waals surface area contributed by atoms with E-state index in [1.807, 2.05) is 13.0 Å². The predicted molar refractivity (Wildman–Crippen MR) is 116 cm³/mol. The molecule has 0 unspecified atom stereocenters. The minimum Gasteiger partial charge on any atom is -0.507 e. The quantitative estimate of drug-likeness (QED) is 0.222. The number of amides is 1. The second kappa shape index (κ2) is 7.87. The fraction of sp³-hybridized carbons (Fsp3) is 0.0833. The van der Waals surface area contributed by atoms with Gasteiger partial charge in [0.05, 0.1) is 16.5 Å². The average molecular weight is 414 g/mol. The Morgan fingerprint density at radius 3 is 2.35 bits per heavy atom. The van der Waals surface area contributed by atoms with Crippen molar-refractivity contribution >= 4 is 28.8 Å². The van der Waals surface area contributed by atoms with Gasteiger partial charge in [-0.3, -0.25) is 24.6 Å². The summed E-state index contributed by atoms with van der Waals surface area (Å²) in [6, 6.07) is 20.2. The van der Waals surface area contributed by atoms with Gasteiger partial charge in [0.15, 0.2) is 0 Å². The van der Waals surface area contributed by atoms with Gasteiger partial charge >= 0.3 is 0 Å². The maximum Gasteiger partial charge on any atom is 0.300 e. The van der Waals surface area contributed by atoms with E-state index >= 15 is 0 Å². The van der Waals surface area contributed by atoms with Crippen LogP contribution in [0.25, 0.3) is 5.76 Å². The molecule has 7 nitrogen and oxygen atoms in total. The lowest BCUT2D eigenvalue weighted by atomic mass is 9.94. The van der Waals surface area contributed by atoms with Crippen molar-refractivity contribution in [2.24, 2.45) is 0 Å². The van der Waals surface area contributed by atoms with E-state index in [-0.39, 0.29) is 17.0 Å². The fourth-order valence-electron chi connectivity index (χ4n) is 3.75. The summed E-state index contributed by atoms with van der Waals surface area (Å²) in [6.45, 7) is 1.85. The van der Waals surface area contributed by atoms with Gasteiger partial charge in [0, 0.05) is 23.4 Å². The molecule has 1 atom stereocenters. The maximum atomic E-state index is 13.1. The van der Waals surface area contributed by atoms with Gasteiger partial charge in [-0.25, -0.2) is 0 Å². The van der Waals surface area contributed by atoms with Gasteiger partial charge in [-0.2, -0.15) is 0 Å². The van der Waals surface area contributed by atoms with E-state index in [9.17, 15) is 24.8 Å². The van der Waals surface area contributed by atoms with Crippen LogP contribution in [0, 0.1) is 17.0 Å². The molecule has 1 saturated heterocycles. The molecule has 0 aromatic heterocycles. The van der Waals surface area contributed by atoms with Crippen molar-refractivity contribution in [3.63, 3.8) is 0 Å². The smallest absolute Gasteiger partial charge is 0.300 e. The minimum absolute atomic E-state index is 0.113. The second-order valence-electron chi connectivity index (χ2n) is 7.23. The standard InChI is InChI=1S/C24H18N2O5/c1-15-7-5-11-18(13-15)25-21(17-10-6-12-19(14-17)26(30)31)20(23(28)24(25)29)22(27)16-8-3-2-4-9-16/h2-14,21,27H,1H3/t21-/m0/s1. The molecule has 0 bridgehead atoms. The maximum absolute atomic E-state index is 13.1. The Hall–Kier alpha value is -4.26. The number of hydrogen-bond donors (Lipinski definition) is 1. The van der Waals surface area contributed by atoms with Crippen LogP contribution < -0.4 is 4.90 Å². The number of ketones is 1. The van der Waals surface area contributed by atoms with Gasteiger partial charge in [-0.15, -0.1) is 0 Å². The molecule has 4 rings (SSSR count). The molecular weight excluding hydrogens is 396 g/mol. The molecule has 3 aromatic carbocycles. The Labute approximate surface area is 178 Å². The Bertz CT molecular complexity index is 1230. The van der Waals surface area contributed by atoms with E-state index in [4.69, 9.17) is 0 Å². The number of carbonyl (C=O) groups excluding carboxylic acids is 2. The van der Waals surface area contributed by atoms with Crippen molar-refractivity contribution in [1.29, 1.82) is 0 Å². The van der Waals surface area contributed by atoms with Crippen LogP contribution in [-0.2, 0) is 9.59 Å². The highest BCUT2D eigenvalue weighted by molar-refractivity contribution is 6.51. The van der Waals surface area contributed by atoms with Crippen LogP contribution in [0.1, 0.15) is 22.7 Å². The van der Waals surface area contributed by atoms with Gasteiger partial charge in [0.2, 0.25) is 0 Å². The molecule has 1 amide bonds. The Balaban J connectivity index is 1.98. The van der Waals surface area contributed by atoms with Gasteiger partial charge in [0.25, 0.3) is 17.4 Å². The molecule has 3 aromatic rings. The van der Waals surface area contributed by atoms with E-state index < -0.39 is 22.7 Å². The van der Waals surface area contributed by atoms with E-state index in [1.54, 1.807) is 54.6 Å². The predicted octanol–water partition coefficient (Wildman–Crippen LogP) is 4.53. The Morgan fingerprint density at radius 2 is 1.68 bits per heavy atom. The number of aliphatic hydroxyl groups excluding tert-OH is 1. The molecule has 0 aliphatic carbocycles. The third kappa shape index (κ3) is 3.57. The molecule has 0 spiro atoms. The summed E-state index contributed by atoms with van der Waals surface area (Å²) >= 11 is 0. The normalized spacial score (nSPS) is 17.7. The first-order valence-corrected chi connectivity index (χ1v) is 9.56. The van der Waals surface area contributed by atoms with Crippen molar-refractivity contribution in [1.82, 2.24) is 0 Å². The number of aryl methyl sites for hydroxylation is 1. The van der Waals surface area contributed by atoms with E-state index in [2.05, 4.69) is 0 Å². The molecule has 0 radical (unpaired) electrons. The monoisotopic (exact) mass is 414 g/mol. The number of carbonyl (C=O) groups is 2. The van der Waals surface area contributed by atoms with Gasteiger partial charge in [-0.1, -0.05) is 54.6 Å². The molecule has 1 aliphatic heterocycles. The number of hydrogen-bond acceptors (Lipinski definition) is 5. The Morgan fingerprint density at radius 1 is 0.968 bits per heavy atom. The first-order valence-electron chi connectivity index (χ1n) is 9.56. The van der Waals surface area contributed by atoms with Crippen LogP contribution in [0.5, 0.6) is 0 Å². The van der Waals surface area contributed by atoms with Crippen molar-refractivity contribution in [3.05, 3.63) is 111 Å². The van der Waals surface area contributed by atoms with Crippen LogP contribution in [0.3, 0.4) is 0 Å². The molecule has 0 saturated carbocycles. The third-order valence-corrected chi connectivity index (χ3v) is 5.17. The lowest BCUT2D eigenvalue weighted by Gasteiger charge is -2.25. The summed E-state index contributed by atoms with van der Waals surface area (Å²) in [6.07, 6.45) is 0. The highest BCUT2D eigenvalue weighted by Crippen LogP contribution is 2.42. The van der Waals surface area contributed by atoms with Crippen molar-refractivity contribution in [3.8, 4) is 0 Å². The molecule has 7 heteroatoms. The SMILES string of the molecule is Cc1cccc(N2C(=O)C(=O)C(=C(O)c3ccccc3)[C@@H]2c2cccc([N+](=O)[O-])c2)c1. The van der Waals surface area contributed by atoms with Crippen LogP contribution in [-0.4, -0.2) is 21.7 Å². The fourth-order valence-corrected chi connectivity index (χ4v) is 3.75. The summed E-state index contributed by atoms with van der Waals surface area (Å²) in [5.74, 6) is -1.98. The lowest BCUT2D eigenvalue weighted by molar-refractivity contribution is -0.384. The van der Waals surface area contributed by atoms with Crippen molar-refractivity contribution in [2.45, 2.75) is 13.0 Å². The van der Waals surface area contributed by atoms with Gasteiger partial charge in [0.1, 0.15) is 5.76 Å². The molecule has 1 aliphatic rings. The van der Waals surface area contributed by atoms with Crippen molar-refractivity contribution in [2.75, 3.05) is 4.90 Å². The molecule has 1 heterocycles. The number of nitro groups is 1. The topological polar surface area (TPSA) is 101 Å². The van der Waals surface area contributed by atoms with Gasteiger partial charge in [-0.05, 0) is 30.2 Å². The zero-order valence-electron chi connectivity index (χ0n) is 16.6. The summed E-state index contributed by atoms with van der Waals surface area (Å²) in [7, 11) is 0. The molecular formula is C24H18N2O5. The van der Waals surface area contributed by atoms with Crippen LogP contribution >= 0.6 is 0 Å². The van der Waals surface area contributed by atoms with Crippen LogP contribution in [0.2, 0.25) is 0 Å². The first kappa shape index (κ1) is 20.0. The van der Waals surface area contributed by atoms with Gasteiger partial charge < -0.3 is 5.11 Å². The van der Waals surface area contributed by atoms with E-state index in [0.29, 0.717) is 16.8 Å². The highest BCUT2D eigenvalue weighted by Gasteiger charge is 2.47. The number of anilines is 1. The summed E-state index contributed by atoms with van der Waals surface area (Å²) < 4.78 is 0. The van der Waals surface area contributed by atoms with E-state index in [1.165, 1.54) is 23.1 Å². The zero-order chi connectivity index (χ0) is 22.1. The summed E-state index contributed by atoms with van der Waals surface area (Å²) in [5, 5.41) is 22.3. The number of nitrogens with zero attached hydrogens (tertiary/aromatic N) is 2. The minimum atomic E-state index is -1.01. The molecule has 154 valence electrons. The zero-order valence-corrected chi connectivity index (χ0v) is 16.6. The van der Waals surface area contributed by atoms with Crippen LogP contribution in [0.15, 0.2) is 84.4 Å². The summed E-state index contributed by atoms with van der Waals surface area (Å²) in [5.41, 5.74) is 1.78.